The summed E-state index contributed by atoms with van der Waals surface area (Å²) >= 11 is 3.01. The van der Waals surface area contributed by atoms with Crippen LogP contribution >= 0.6 is 23.5 Å². The lowest BCUT2D eigenvalue weighted by Crippen LogP contribution is -2.45. The fourth-order valence-corrected chi connectivity index (χ4v) is 4.75. The van der Waals surface area contributed by atoms with Crippen LogP contribution in [0.3, 0.4) is 0 Å². The third-order valence-electron chi connectivity index (χ3n) is 4.28. The fraction of sp³-hybridized carbons (Fsp3) is 0.286. The average molecular weight is 428 g/mol. The number of amides is 2. The highest BCUT2D eigenvalue weighted by molar-refractivity contribution is 8.00. The monoisotopic (exact) mass is 427 g/mol. The van der Waals surface area contributed by atoms with Crippen molar-refractivity contribution in [2.45, 2.75) is 17.9 Å². The molecular formula is C21H21N3O3S2. The summed E-state index contributed by atoms with van der Waals surface area (Å²) in [5, 5.41) is 11.7. The van der Waals surface area contributed by atoms with E-state index in [1.165, 1.54) is 11.8 Å². The summed E-state index contributed by atoms with van der Waals surface area (Å²) in [4.78, 5) is 28.0. The molecule has 0 aliphatic carbocycles. The number of ether oxygens (including phenoxy) is 1. The zero-order valence-electron chi connectivity index (χ0n) is 16.0. The van der Waals surface area contributed by atoms with Crippen LogP contribution in [0, 0.1) is 11.3 Å². The number of nitrogens with one attached hydrogen (secondary N) is 1. The number of hydrogen-bond donors (Lipinski definition) is 1. The third kappa shape index (κ3) is 5.68. The van der Waals surface area contributed by atoms with Crippen LogP contribution in [0.15, 0.2) is 53.4 Å². The zero-order chi connectivity index (χ0) is 20.6. The summed E-state index contributed by atoms with van der Waals surface area (Å²) in [5.41, 5.74) is 1.14. The van der Waals surface area contributed by atoms with E-state index in [0.717, 1.165) is 10.6 Å². The number of nitrogens with zero attached hydrogens (tertiary/aromatic N) is 2. The smallest absolute Gasteiger partial charge is 0.248 e. The number of hydrogen-bond acceptors (Lipinski definition) is 6. The number of rotatable bonds is 7. The van der Waals surface area contributed by atoms with Gasteiger partial charge in [-0.25, -0.2) is 0 Å². The molecule has 1 saturated heterocycles. The van der Waals surface area contributed by atoms with Crippen LogP contribution in [0.5, 0.6) is 5.75 Å². The van der Waals surface area contributed by atoms with Crippen LogP contribution in [0.4, 0.5) is 5.69 Å². The molecule has 0 spiro atoms. The Morgan fingerprint density at radius 3 is 2.62 bits per heavy atom. The summed E-state index contributed by atoms with van der Waals surface area (Å²) in [6.07, 6.45) is 0. The Hall–Kier alpha value is -2.63. The molecule has 2 aromatic carbocycles. The van der Waals surface area contributed by atoms with Gasteiger partial charge in [0.1, 0.15) is 11.8 Å². The van der Waals surface area contributed by atoms with Crippen molar-refractivity contribution in [1.29, 1.82) is 5.26 Å². The van der Waals surface area contributed by atoms with Gasteiger partial charge in [-0.05, 0) is 55.5 Å². The highest BCUT2D eigenvalue weighted by atomic mass is 32.2. The molecule has 1 N–H and O–H groups in total. The van der Waals surface area contributed by atoms with Crippen LogP contribution in [-0.2, 0) is 9.59 Å². The number of carbonyl (C=O) groups excluding carboxylic acids is 2. The minimum Gasteiger partial charge on any atom is -0.494 e. The molecule has 1 fully saturated rings. The first-order valence-electron chi connectivity index (χ1n) is 9.14. The standard InChI is InChI=1S/C21H21N3O3S2/c1-2-27-17-7-9-18(10-8-17)29-13-20(25)24-14-28-12-19(24)21(26)23-16-5-3-15(11-22)4-6-16/h3-10,19H,2,12-14H2,1H3,(H,23,26). The van der Waals surface area contributed by atoms with E-state index in [-0.39, 0.29) is 17.6 Å². The lowest BCUT2D eigenvalue weighted by Gasteiger charge is -2.23. The molecule has 1 aliphatic heterocycles. The summed E-state index contributed by atoms with van der Waals surface area (Å²) in [6, 6.07) is 15.8. The van der Waals surface area contributed by atoms with Gasteiger partial charge in [-0.3, -0.25) is 9.59 Å². The van der Waals surface area contributed by atoms with Gasteiger partial charge in [-0.1, -0.05) is 0 Å². The van der Waals surface area contributed by atoms with E-state index in [4.69, 9.17) is 10.00 Å². The highest BCUT2D eigenvalue weighted by Gasteiger charge is 2.34. The highest BCUT2D eigenvalue weighted by Crippen LogP contribution is 2.26. The number of nitriles is 1. The van der Waals surface area contributed by atoms with Gasteiger partial charge >= 0.3 is 0 Å². The second kappa shape index (κ2) is 10.2. The molecule has 1 unspecified atom stereocenters. The van der Waals surface area contributed by atoms with Gasteiger partial charge in [0.05, 0.1) is 29.9 Å². The van der Waals surface area contributed by atoms with Crippen LogP contribution in [0.2, 0.25) is 0 Å². The molecule has 0 aromatic heterocycles. The predicted octanol–water partition coefficient (Wildman–Crippen LogP) is 3.59. The Kier molecular flexibility index (Phi) is 7.44. The second-order valence-electron chi connectivity index (χ2n) is 6.25. The van der Waals surface area contributed by atoms with Gasteiger partial charge in [0, 0.05) is 16.3 Å². The third-order valence-corrected chi connectivity index (χ3v) is 6.29. The van der Waals surface area contributed by atoms with Gasteiger partial charge in [0.2, 0.25) is 11.8 Å². The molecule has 8 heteroatoms. The molecule has 0 saturated carbocycles. The maximum atomic E-state index is 12.7. The van der Waals surface area contributed by atoms with E-state index >= 15 is 0 Å². The van der Waals surface area contributed by atoms with Gasteiger partial charge < -0.3 is 15.0 Å². The first-order valence-corrected chi connectivity index (χ1v) is 11.3. The van der Waals surface area contributed by atoms with Crippen LogP contribution < -0.4 is 10.1 Å². The quantitative estimate of drug-likeness (QED) is 0.680. The molecule has 1 heterocycles. The maximum absolute atomic E-state index is 12.7. The van der Waals surface area contributed by atoms with Crippen molar-refractivity contribution in [3.63, 3.8) is 0 Å². The number of anilines is 1. The lowest BCUT2D eigenvalue weighted by atomic mass is 10.2. The van der Waals surface area contributed by atoms with Crippen molar-refractivity contribution in [3.8, 4) is 11.8 Å². The van der Waals surface area contributed by atoms with Gasteiger partial charge in [0.15, 0.2) is 0 Å². The van der Waals surface area contributed by atoms with Crippen molar-refractivity contribution in [2.24, 2.45) is 0 Å². The van der Waals surface area contributed by atoms with E-state index in [0.29, 0.717) is 29.5 Å². The van der Waals surface area contributed by atoms with Crippen LogP contribution in [-0.4, -0.2) is 46.7 Å². The molecule has 2 aromatic rings. The van der Waals surface area contributed by atoms with E-state index in [9.17, 15) is 9.59 Å². The van der Waals surface area contributed by atoms with E-state index in [1.807, 2.05) is 37.3 Å². The molecule has 0 radical (unpaired) electrons. The predicted molar refractivity (Wildman–Crippen MR) is 116 cm³/mol. The van der Waals surface area contributed by atoms with Gasteiger partial charge in [-0.2, -0.15) is 5.26 Å². The SMILES string of the molecule is CCOc1ccc(SCC(=O)N2CSCC2C(=O)Nc2ccc(C#N)cc2)cc1. The summed E-state index contributed by atoms with van der Waals surface area (Å²) in [5.74, 6) is 1.89. The van der Waals surface area contributed by atoms with Crippen molar-refractivity contribution >= 4 is 41.0 Å². The lowest BCUT2D eigenvalue weighted by molar-refractivity contribution is -0.134. The molecule has 1 aliphatic rings. The Morgan fingerprint density at radius 2 is 1.97 bits per heavy atom. The fourth-order valence-electron chi connectivity index (χ4n) is 2.79. The largest absolute Gasteiger partial charge is 0.494 e. The van der Waals surface area contributed by atoms with Gasteiger partial charge in [-0.15, -0.1) is 23.5 Å². The van der Waals surface area contributed by atoms with E-state index < -0.39 is 6.04 Å². The zero-order valence-corrected chi connectivity index (χ0v) is 17.6. The first-order chi connectivity index (χ1) is 14.1. The molecule has 29 heavy (non-hydrogen) atoms. The minimum absolute atomic E-state index is 0.0612. The topological polar surface area (TPSA) is 82.4 Å². The summed E-state index contributed by atoms with van der Waals surface area (Å²) in [6.45, 7) is 2.55. The van der Waals surface area contributed by atoms with Gasteiger partial charge in [0.25, 0.3) is 0 Å². The molecule has 6 nitrogen and oxygen atoms in total. The number of thioether (sulfide) groups is 2. The normalized spacial score (nSPS) is 15.6. The van der Waals surface area contributed by atoms with Crippen molar-refractivity contribution in [3.05, 3.63) is 54.1 Å². The Balaban J connectivity index is 1.55. The molecule has 0 bridgehead atoms. The Morgan fingerprint density at radius 1 is 1.24 bits per heavy atom. The van der Waals surface area contributed by atoms with Crippen molar-refractivity contribution in [2.75, 3.05) is 29.3 Å². The summed E-state index contributed by atoms with van der Waals surface area (Å²) < 4.78 is 5.42. The van der Waals surface area contributed by atoms with Crippen LogP contribution in [0.25, 0.3) is 0 Å². The number of carbonyl (C=O) groups is 2. The van der Waals surface area contributed by atoms with E-state index in [1.54, 1.807) is 40.9 Å². The summed E-state index contributed by atoms with van der Waals surface area (Å²) in [7, 11) is 0. The van der Waals surface area contributed by atoms with Crippen molar-refractivity contribution in [1.82, 2.24) is 4.90 Å². The molecule has 3 rings (SSSR count). The van der Waals surface area contributed by atoms with Crippen LogP contribution in [0.1, 0.15) is 12.5 Å². The van der Waals surface area contributed by atoms with E-state index in [2.05, 4.69) is 5.32 Å². The Bertz CT molecular complexity index is 895. The second-order valence-corrected chi connectivity index (χ2v) is 8.30. The molecule has 1 atom stereocenters. The maximum Gasteiger partial charge on any atom is 0.248 e. The average Bonchev–Trinajstić information content (AvgIpc) is 3.24. The Labute approximate surface area is 178 Å². The molecule has 150 valence electrons. The molecule has 2 amide bonds. The molecular weight excluding hydrogens is 406 g/mol. The van der Waals surface area contributed by atoms with Crippen molar-refractivity contribution < 1.29 is 14.3 Å². The minimum atomic E-state index is -0.496. The first kappa shape index (κ1) is 21.1. The number of benzene rings is 2.